The highest BCUT2D eigenvalue weighted by molar-refractivity contribution is 5.16. The molecule has 2 N–H and O–H groups in total. The van der Waals surface area contributed by atoms with Gasteiger partial charge in [-0.3, -0.25) is 4.90 Å². The van der Waals surface area contributed by atoms with E-state index in [9.17, 15) is 4.39 Å². The highest BCUT2D eigenvalue weighted by Crippen LogP contribution is 2.07. The number of halogens is 1. The van der Waals surface area contributed by atoms with E-state index in [1.807, 2.05) is 6.07 Å². The van der Waals surface area contributed by atoms with Crippen LogP contribution in [0.15, 0.2) is 24.3 Å². The monoisotopic (exact) mass is 210 g/mol. The number of benzene rings is 1. The normalized spacial score (nSPS) is 10.9. The maximum absolute atomic E-state index is 12.9. The molecule has 0 radical (unpaired) electrons. The van der Waals surface area contributed by atoms with E-state index >= 15 is 0 Å². The van der Waals surface area contributed by atoms with E-state index < -0.39 is 0 Å². The molecule has 0 aliphatic heterocycles. The van der Waals surface area contributed by atoms with Gasteiger partial charge < -0.3 is 5.73 Å². The number of hydrogen-bond donors (Lipinski definition) is 1. The first-order valence-electron chi connectivity index (χ1n) is 5.43. The number of nitrogens with two attached hydrogens (primary N) is 1. The quantitative estimate of drug-likeness (QED) is 0.778. The van der Waals surface area contributed by atoms with Gasteiger partial charge in [0.15, 0.2) is 0 Å². The molecule has 0 aromatic heterocycles. The summed E-state index contributed by atoms with van der Waals surface area (Å²) in [4.78, 5) is 2.27. The van der Waals surface area contributed by atoms with Crippen molar-refractivity contribution >= 4 is 0 Å². The first-order valence-corrected chi connectivity index (χ1v) is 5.43. The second-order valence-corrected chi connectivity index (χ2v) is 3.64. The van der Waals surface area contributed by atoms with Gasteiger partial charge in [0.25, 0.3) is 0 Å². The molecule has 2 nitrogen and oxygen atoms in total. The van der Waals surface area contributed by atoms with Gasteiger partial charge in [0.1, 0.15) is 5.82 Å². The van der Waals surface area contributed by atoms with Gasteiger partial charge in [-0.25, -0.2) is 4.39 Å². The first kappa shape index (κ1) is 12.1. The number of nitrogens with zero attached hydrogens (tertiary/aromatic N) is 1. The third kappa shape index (κ3) is 4.40. The third-order valence-corrected chi connectivity index (χ3v) is 2.42. The van der Waals surface area contributed by atoms with Crippen molar-refractivity contribution in [2.24, 2.45) is 5.73 Å². The van der Waals surface area contributed by atoms with Crippen LogP contribution in [-0.4, -0.2) is 24.5 Å². The van der Waals surface area contributed by atoms with E-state index in [1.165, 1.54) is 6.07 Å². The Morgan fingerprint density at radius 3 is 2.80 bits per heavy atom. The van der Waals surface area contributed by atoms with Crippen LogP contribution in [0.2, 0.25) is 0 Å². The van der Waals surface area contributed by atoms with Gasteiger partial charge in [-0.2, -0.15) is 0 Å². The zero-order valence-electron chi connectivity index (χ0n) is 9.25. The Hall–Kier alpha value is -0.930. The molecular weight excluding hydrogens is 191 g/mol. The topological polar surface area (TPSA) is 29.3 Å². The summed E-state index contributed by atoms with van der Waals surface area (Å²) >= 11 is 0. The zero-order valence-corrected chi connectivity index (χ0v) is 9.25. The van der Waals surface area contributed by atoms with E-state index in [2.05, 4.69) is 11.8 Å². The molecule has 84 valence electrons. The molecule has 1 rings (SSSR count). The van der Waals surface area contributed by atoms with Gasteiger partial charge >= 0.3 is 0 Å². The average Bonchev–Trinajstić information content (AvgIpc) is 2.24. The van der Waals surface area contributed by atoms with Crippen LogP contribution in [0.5, 0.6) is 0 Å². The Bertz CT molecular complexity index is 289. The van der Waals surface area contributed by atoms with Crippen molar-refractivity contribution in [2.45, 2.75) is 19.9 Å². The van der Waals surface area contributed by atoms with Gasteiger partial charge in [0.05, 0.1) is 0 Å². The van der Waals surface area contributed by atoms with Crippen molar-refractivity contribution in [2.75, 3.05) is 19.6 Å². The molecule has 1 aromatic carbocycles. The molecule has 0 spiro atoms. The van der Waals surface area contributed by atoms with Crippen LogP contribution >= 0.6 is 0 Å². The molecule has 0 atom stereocenters. The van der Waals surface area contributed by atoms with Gasteiger partial charge in [-0.1, -0.05) is 19.1 Å². The maximum Gasteiger partial charge on any atom is 0.123 e. The van der Waals surface area contributed by atoms with Crippen molar-refractivity contribution in [3.05, 3.63) is 35.6 Å². The molecule has 0 unspecified atom stereocenters. The Kier molecular flexibility index (Phi) is 5.29. The molecule has 0 saturated carbocycles. The Labute approximate surface area is 90.9 Å². The fraction of sp³-hybridized carbons (Fsp3) is 0.500. The lowest BCUT2D eigenvalue weighted by molar-refractivity contribution is 0.277. The molecule has 0 aliphatic rings. The van der Waals surface area contributed by atoms with Crippen LogP contribution in [0.3, 0.4) is 0 Å². The van der Waals surface area contributed by atoms with Crippen LogP contribution < -0.4 is 5.73 Å². The van der Waals surface area contributed by atoms with Gasteiger partial charge in [0.2, 0.25) is 0 Å². The lowest BCUT2D eigenvalue weighted by Gasteiger charge is -2.19. The highest BCUT2D eigenvalue weighted by atomic mass is 19.1. The Morgan fingerprint density at radius 1 is 1.40 bits per heavy atom. The lowest BCUT2D eigenvalue weighted by atomic mass is 10.2. The van der Waals surface area contributed by atoms with Crippen molar-refractivity contribution in [1.29, 1.82) is 0 Å². The van der Waals surface area contributed by atoms with Crippen LogP contribution in [-0.2, 0) is 6.54 Å². The summed E-state index contributed by atoms with van der Waals surface area (Å²) in [6.45, 7) is 5.56. The molecule has 1 aromatic rings. The van der Waals surface area contributed by atoms with Gasteiger partial charge in [-0.15, -0.1) is 0 Å². The molecule has 0 saturated heterocycles. The minimum absolute atomic E-state index is 0.164. The third-order valence-electron chi connectivity index (χ3n) is 2.42. The lowest BCUT2D eigenvalue weighted by Crippen LogP contribution is -2.25. The first-order chi connectivity index (χ1) is 7.26. The predicted octanol–water partition coefficient (Wildman–Crippen LogP) is 2.00. The van der Waals surface area contributed by atoms with E-state index in [1.54, 1.807) is 12.1 Å². The SMILES string of the molecule is CCN(CCCN)Cc1cccc(F)c1. The largest absolute Gasteiger partial charge is 0.330 e. The summed E-state index contributed by atoms with van der Waals surface area (Å²) in [7, 11) is 0. The van der Waals surface area contributed by atoms with E-state index in [0.29, 0.717) is 6.54 Å². The van der Waals surface area contributed by atoms with E-state index in [0.717, 1.165) is 31.6 Å². The molecule has 0 fully saturated rings. The van der Waals surface area contributed by atoms with E-state index in [-0.39, 0.29) is 5.82 Å². The Balaban J connectivity index is 2.50. The van der Waals surface area contributed by atoms with Crippen LogP contribution in [0.1, 0.15) is 18.9 Å². The van der Waals surface area contributed by atoms with Crippen LogP contribution in [0, 0.1) is 5.82 Å². The minimum atomic E-state index is -0.164. The smallest absolute Gasteiger partial charge is 0.123 e. The standard InChI is InChI=1S/C12H19FN2/c1-2-15(8-4-7-14)10-11-5-3-6-12(13)9-11/h3,5-6,9H,2,4,7-8,10,14H2,1H3. The summed E-state index contributed by atoms with van der Waals surface area (Å²) in [6, 6.07) is 6.76. The van der Waals surface area contributed by atoms with Crippen molar-refractivity contribution < 1.29 is 4.39 Å². The molecule has 0 amide bonds. The second kappa shape index (κ2) is 6.53. The van der Waals surface area contributed by atoms with E-state index in [4.69, 9.17) is 5.73 Å². The fourth-order valence-corrected chi connectivity index (χ4v) is 1.56. The van der Waals surface area contributed by atoms with Crippen molar-refractivity contribution in [3.63, 3.8) is 0 Å². The Morgan fingerprint density at radius 2 is 2.20 bits per heavy atom. The maximum atomic E-state index is 12.9. The molecule has 0 aliphatic carbocycles. The number of rotatable bonds is 6. The highest BCUT2D eigenvalue weighted by Gasteiger charge is 2.03. The second-order valence-electron chi connectivity index (χ2n) is 3.64. The van der Waals surface area contributed by atoms with Crippen LogP contribution in [0.25, 0.3) is 0 Å². The average molecular weight is 210 g/mol. The zero-order chi connectivity index (χ0) is 11.1. The molecular formula is C12H19FN2. The number of hydrogen-bond acceptors (Lipinski definition) is 2. The van der Waals surface area contributed by atoms with Gasteiger partial charge in [-0.05, 0) is 43.8 Å². The minimum Gasteiger partial charge on any atom is -0.330 e. The van der Waals surface area contributed by atoms with Gasteiger partial charge in [0, 0.05) is 6.54 Å². The summed E-state index contributed by atoms with van der Waals surface area (Å²) in [5.41, 5.74) is 6.48. The van der Waals surface area contributed by atoms with Crippen LogP contribution in [0.4, 0.5) is 4.39 Å². The summed E-state index contributed by atoms with van der Waals surface area (Å²) in [5.74, 6) is -0.164. The molecule has 0 bridgehead atoms. The summed E-state index contributed by atoms with van der Waals surface area (Å²) in [5, 5.41) is 0. The molecule has 0 heterocycles. The predicted molar refractivity (Wildman–Crippen MR) is 61.0 cm³/mol. The summed E-state index contributed by atoms with van der Waals surface area (Å²) in [6.07, 6.45) is 0.989. The van der Waals surface area contributed by atoms with Crippen molar-refractivity contribution in [1.82, 2.24) is 4.90 Å². The fourth-order valence-electron chi connectivity index (χ4n) is 1.56. The molecule has 3 heteroatoms. The van der Waals surface area contributed by atoms with Crippen molar-refractivity contribution in [3.8, 4) is 0 Å². The summed E-state index contributed by atoms with van der Waals surface area (Å²) < 4.78 is 12.9. The molecule has 15 heavy (non-hydrogen) atoms.